The zero-order valence-electron chi connectivity index (χ0n) is 29.4. The summed E-state index contributed by atoms with van der Waals surface area (Å²) in [7, 11) is 2.52. The van der Waals surface area contributed by atoms with E-state index >= 15 is 0 Å². The Labute approximate surface area is 281 Å². The molecule has 2 aliphatic heterocycles. The maximum absolute atomic E-state index is 14.7. The van der Waals surface area contributed by atoms with Gasteiger partial charge in [-0.1, -0.05) is 0 Å². The van der Waals surface area contributed by atoms with E-state index in [0.717, 1.165) is 0 Å². The van der Waals surface area contributed by atoms with E-state index in [2.05, 4.69) is 10.6 Å². The summed E-state index contributed by atoms with van der Waals surface area (Å²) in [6.07, 6.45) is 2.14. The van der Waals surface area contributed by atoms with Crippen molar-refractivity contribution in [2.75, 3.05) is 20.8 Å². The molecule has 2 amide bonds. The standard InChI is InChI=1S/C35H50N2O11/c1-15(29(41)45-9)37-28(40)21-13-17-11-19(21)26-24(17)34(30(42)46-32(2,3)4)25-18-10-16(12-20(18)27(39)36-14-22(38)44-8)23(25)35(26,48-34)31(43)47-33(5,6)7/h15-21,23-26H,10-14H2,1-9H3,(H,36,39)(H,37,40)/t15-,16-,17-,18+,19+,20-,21-,23-,24-,25+,26+,34-,35-/m0/s1. The van der Waals surface area contributed by atoms with Crippen LogP contribution in [0.3, 0.4) is 0 Å². The molecular weight excluding hydrogens is 624 g/mol. The van der Waals surface area contributed by atoms with Crippen molar-refractivity contribution in [2.24, 2.45) is 59.2 Å². The van der Waals surface area contributed by atoms with E-state index in [1.54, 1.807) is 48.5 Å². The van der Waals surface area contributed by atoms with Crippen LogP contribution in [-0.4, -0.2) is 84.9 Å². The number of carbonyl (C=O) groups is 6. The van der Waals surface area contributed by atoms with E-state index in [-0.39, 0.29) is 42.0 Å². The van der Waals surface area contributed by atoms with Crippen molar-refractivity contribution in [3.63, 3.8) is 0 Å². The minimum absolute atomic E-state index is 0.141. The zero-order chi connectivity index (χ0) is 35.3. The molecule has 6 aliphatic rings. The number of carbonyl (C=O) groups excluding carboxylic acids is 6. The molecule has 13 heteroatoms. The lowest BCUT2D eigenvalue weighted by atomic mass is 9.48. The lowest BCUT2D eigenvalue weighted by Gasteiger charge is -2.51. The molecule has 6 fully saturated rings. The van der Waals surface area contributed by atoms with Crippen LogP contribution in [-0.2, 0) is 52.5 Å². The summed E-state index contributed by atoms with van der Waals surface area (Å²) in [4.78, 5) is 80.7. The molecule has 4 aliphatic carbocycles. The normalized spacial score (nSPS) is 40.4. The van der Waals surface area contributed by atoms with E-state index in [9.17, 15) is 28.8 Å². The lowest BCUT2D eigenvalue weighted by molar-refractivity contribution is -0.202. The second kappa shape index (κ2) is 11.4. The van der Waals surface area contributed by atoms with Crippen molar-refractivity contribution < 1.29 is 52.5 Å². The molecule has 266 valence electrons. The molecule has 13 atom stereocenters. The maximum atomic E-state index is 14.7. The van der Waals surface area contributed by atoms with Gasteiger partial charge in [0.05, 0.1) is 14.2 Å². The number of nitrogens with one attached hydrogen (secondary N) is 2. The van der Waals surface area contributed by atoms with Gasteiger partial charge in [-0.2, -0.15) is 0 Å². The average Bonchev–Trinajstić information content (AvgIpc) is 3.82. The van der Waals surface area contributed by atoms with E-state index in [0.29, 0.717) is 25.7 Å². The summed E-state index contributed by atoms with van der Waals surface area (Å²) in [6.45, 7) is 12.0. The highest BCUT2D eigenvalue weighted by atomic mass is 16.6. The van der Waals surface area contributed by atoms with Crippen LogP contribution in [0.25, 0.3) is 0 Å². The topological polar surface area (TPSA) is 173 Å². The molecule has 0 aromatic carbocycles. The van der Waals surface area contributed by atoms with Gasteiger partial charge in [-0.05, 0) is 97.8 Å². The third-order valence-corrected chi connectivity index (χ3v) is 12.0. The van der Waals surface area contributed by atoms with E-state index < -0.39 is 87.8 Å². The van der Waals surface area contributed by atoms with Gasteiger partial charge in [0.1, 0.15) is 23.8 Å². The smallest absolute Gasteiger partial charge is 0.339 e. The van der Waals surface area contributed by atoms with Crippen LogP contribution in [0.2, 0.25) is 0 Å². The summed E-state index contributed by atoms with van der Waals surface area (Å²) >= 11 is 0. The number of amides is 2. The highest BCUT2D eigenvalue weighted by molar-refractivity contribution is 5.92. The second-order valence-corrected chi connectivity index (χ2v) is 16.8. The predicted octanol–water partition coefficient (Wildman–Crippen LogP) is 1.93. The Balaban J connectivity index is 1.43. The summed E-state index contributed by atoms with van der Waals surface area (Å²) in [5.74, 6) is -6.56. The highest BCUT2D eigenvalue weighted by Crippen LogP contribution is 2.81. The van der Waals surface area contributed by atoms with Crippen LogP contribution in [0.4, 0.5) is 0 Å². The van der Waals surface area contributed by atoms with Crippen molar-refractivity contribution in [3.8, 4) is 0 Å². The summed E-state index contributed by atoms with van der Waals surface area (Å²) in [5, 5.41) is 5.51. The fourth-order valence-electron chi connectivity index (χ4n) is 11.0. The Morgan fingerprint density at radius 3 is 1.58 bits per heavy atom. The van der Waals surface area contributed by atoms with Gasteiger partial charge < -0.3 is 34.3 Å². The average molecular weight is 675 g/mol. The number of hydrogen-bond donors (Lipinski definition) is 2. The van der Waals surface area contributed by atoms with Crippen LogP contribution in [0.1, 0.15) is 74.1 Å². The molecule has 6 bridgehead atoms. The Morgan fingerprint density at radius 1 is 0.708 bits per heavy atom. The number of hydrogen-bond acceptors (Lipinski definition) is 11. The first kappa shape index (κ1) is 34.6. The van der Waals surface area contributed by atoms with Gasteiger partial charge in [-0.15, -0.1) is 0 Å². The first-order valence-corrected chi connectivity index (χ1v) is 17.2. The van der Waals surface area contributed by atoms with Crippen molar-refractivity contribution in [3.05, 3.63) is 0 Å². The zero-order valence-corrected chi connectivity index (χ0v) is 29.4. The van der Waals surface area contributed by atoms with Crippen LogP contribution in [0.15, 0.2) is 0 Å². The largest absolute Gasteiger partial charge is 0.468 e. The molecule has 48 heavy (non-hydrogen) atoms. The van der Waals surface area contributed by atoms with E-state index in [1.807, 2.05) is 0 Å². The van der Waals surface area contributed by atoms with Crippen molar-refractivity contribution >= 4 is 35.7 Å². The van der Waals surface area contributed by atoms with Crippen molar-refractivity contribution in [1.82, 2.24) is 10.6 Å². The van der Waals surface area contributed by atoms with Crippen molar-refractivity contribution in [1.29, 1.82) is 0 Å². The SMILES string of the molecule is COC(=O)CNC(=O)[C@H]1C[C@@H]2C[C@H]1[C@@H]1[C@H]2[C@]2(C(=O)OC(C)(C)C)O[C@@]1(C(=O)OC(C)(C)C)[C@H]1[C@H]3C[C@@H]([C@H]12)[C@@H](C(=O)N[C@@H](C)C(=O)OC)C3. The molecular formula is C35H50N2O11. The first-order chi connectivity index (χ1) is 22.3. The third kappa shape index (κ3) is 5.04. The molecule has 0 aromatic heterocycles. The fourth-order valence-corrected chi connectivity index (χ4v) is 11.0. The predicted molar refractivity (Wildman–Crippen MR) is 166 cm³/mol. The summed E-state index contributed by atoms with van der Waals surface area (Å²) in [5.41, 5.74) is -4.78. The van der Waals surface area contributed by atoms with Crippen LogP contribution >= 0.6 is 0 Å². The van der Waals surface area contributed by atoms with Gasteiger partial charge in [0, 0.05) is 35.5 Å². The van der Waals surface area contributed by atoms with Gasteiger partial charge in [-0.25, -0.2) is 14.4 Å². The van der Waals surface area contributed by atoms with Gasteiger partial charge in [0.15, 0.2) is 11.2 Å². The quantitative estimate of drug-likeness (QED) is 0.285. The second-order valence-electron chi connectivity index (χ2n) is 16.8. The summed E-state index contributed by atoms with van der Waals surface area (Å²) in [6, 6.07) is -0.848. The number of ether oxygens (including phenoxy) is 5. The molecule has 0 radical (unpaired) electrons. The number of fused-ring (bicyclic) bond motifs is 16. The number of methoxy groups -OCH3 is 2. The van der Waals surface area contributed by atoms with Crippen molar-refractivity contribution in [2.45, 2.75) is 103 Å². The van der Waals surface area contributed by atoms with Crippen LogP contribution < -0.4 is 10.6 Å². The highest BCUT2D eigenvalue weighted by Gasteiger charge is 2.90. The Bertz CT molecular complexity index is 1420. The third-order valence-electron chi connectivity index (χ3n) is 12.0. The maximum Gasteiger partial charge on any atom is 0.339 e. The lowest BCUT2D eigenvalue weighted by Crippen LogP contribution is -2.64. The monoisotopic (exact) mass is 674 g/mol. The Kier molecular flexibility index (Phi) is 8.24. The fraction of sp³-hybridized carbons (Fsp3) is 0.829. The van der Waals surface area contributed by atoms with Gasteiger partial charge in [0.25, 0.3) is 0 Å². The molecule has 0 spiro atoms. The molecule has 0 unspecified atom stereocenters. The van der Waals surface area contributed by atoms with Gasteiger partial charge in [-0.3, -0.25) is 14.4 Å². The van der Waals surface area contributed by atoms with Crippen LogP contribution in [0.5, 0.6) is 0 Å². The molecule has 4 saturated carbocycles. The first-order valence-electron chi connectivity index (χ1n) is 17.2. The molecule has 0 aromatic rings. The van der Waals surface area contributed by atoms with Crippen LogP contribution in [0, 0.1) is 59.2 Å². The molecule has 2 saturated heterocycles. The van der Waals surface area contributed by atoms with E-state index in [1.165, 1.54) is 14.2 Å². The summed E-state index contributed by atoms with van der Waals surface area (Å²) < 4.78 is 28.9. The van der Waals surface area contributed by atoms with E-state index in [4.69, 9.17) is 23.7 Å². The molecule has 6 rings (SSSR count). The number of esters is 4. The minimum Gasteiger partial charge on any atom is -0.468 e. The molecule has 13 nitrogen and oxygen atoms in total. The van der Waals surface area contributed by atoms with Gasteiger partial charge in [0.2, 0.25) is 11.8 Å². The molecule has 2 N–H and O–H groups in total. The Hall–Kier alpha value is -3.22. The molecule has 2 heterocycles. The number of rotatable bonds is 8. The minimum atomic E-state index is -1.53. The van der Waals surface area contributed by atoms with Gasteiger partial charge >= 0.3 is 23.9 Å². The Morgan fingerprint density at radius 2 is 1.17 bits per heavy atom.